The summed E-state index contributed by atoms with van der Waals surface area (Å²) in [5, 5.41) is 17.2. The third-order valence-electron chi connectivity index (χ3n) is 6.80. The Morgan fingerprint density at radius 2 is 1.82 bits per heavy atom. The maximum Gasteiger partial charge on any atom is 0.329 e. The van der Waals surface area contributed by atoms with E-state index >= 15 is 0 Å². The van der Waals surface area contributed by atoms with Crippen LogP contribution >= 0.6 is 0 Å². The van der Waals surface area contributed by atoms with Gasteiger partial charge in [-0.15, -0.1) is 0 Å². The Labute approximate surface area is 198 Å². The number of aromatic nitrogens is 4. The third kappa shape index (κ3) is 3.54. The fourth-order valence-corrected chi connectivity index (χ4v) is 5.03. The van der Waals surface area contributed by atoms with Gasteiger partial charge in [0.05, 0.1) is 41.8 Å². The van der Waals surface area contributed by atoms with E-state index in [1.54, 1.807) is 43.3 Å². The molecule has 0 bridgehead atoms. The molecule has 0 aliphatic carbocycles. The average Bonchev–Trinajstić information content (AvgIpc) is 3.29. The van der Waals surface area contributed by atoms with Gasteiger partial charge in [0.25, 0.3) is 0 Å². The molecule has 2 N–H and O–H groups in total. The minimum absolute atomic E-state index is 0.106. The van der Waals surface area contributed by atoms with Crippen molar-refractivity contribution >= 4 is 33.4 Å². The molecule has 3 aromatic heterocycles. The van der Waals surface area contributed by atoms with E-state index in [9.17, 15) is 4.79 Å². The van der Waals surface area contributed by atoms with Crippen LogP contribution in [0.4, 0.5) is 0 Å². The van der Waals surface area contributed by atoms with E-state index in [2.05, 4.69) is 23.8 Å². The summed E-state index contributed by atoms with van der Waals surface area (Å²) >= 11 is 0. The van der Waals surface area contributed by atoms with Gasteiger partial charge in [-0.25, -0.2) is 4.79 Å². The molecule has 8 heteroatoms. The highest BCUT2D eigenvalue weighted by molar-refractivity contribution is 6.10. The van der Waals surface area contributed by atoms with E-state index in [1.165, 1.54) is 5.69 Å². The van der Waals surface area contributed by atoms with Gasteiger partial charge in [-0.1, -0.05) is 6.92 Å². The van der Waals surface area contributed by atoms with Crippen LogP contribution < -0.4 is 10.4 Å². The van der Waals surface area contributed by atoms with Crippen LogP contribution in [0.1, 0.15) is 56.5 Å². The molecule has 0 aliphatic rings. The SMILES string of the molecule is CCc1cc(C(C)n2c(=O)n(C)c3c4cc(OC)c(C(C(C)=N)C(C)=N)cc4ncc32)cn1C. The molecule has 1 atom stereocenters. The Bertz CT molecular complexity index is 1490. The summed E-state index contributed by atoms with van der Waals surface area (Å²) in [6.45, 7) is 7.55. The Morgan fingerprint density at radius 3 is 2.38 bits per heavy atom. The number of nitrogens with one attached hydrogen (secondary N) is 2. The van der Waals surface area contributed by atoms with Crippen molar-refractivity contribution in [3.63, 3.8) is 0 Å². The van der Waals surface area contributed by atoms with Gasteiger partial charge >= 0.3 is 5.69 Å². The number of ether oxygens (including phenoxy) is 1. The second-order valence-electron chi connectivity index (χ2n) is 9.02. The number of hydrogen-bond donors (Lipinski definition) is 2. The van der Waals surface area contributed by atoms with Gasteiger partial charge in [-0.3, -0.25) is 14.1 Å². The highest BCUT2D eigenvalue weighted by Gasteiger charge is 2.25. The molecule has 1 aromatic carbocycles. The van der Waals surface area contributed by atoms with E-state index in [0.717, 1.165) is 34.0 Å². The molecule has 34 heavy (non-hydrogen) atoms. The number of pyridine rings is 1. The molecule has 0 amide bonds. The van der Waals surface area contributed by atoms with Gasteiger partial charge in [0.1, 0.15) is 5.75 Å². The van der Waals surface area contributed by atoms with Crippen molar-refractivity contribution in [2.45, 2.75) is 46.1 Å². The molecule has 4 aromatic rings. The fourth-order valence-electron chi connectivity index (χ4n) is 5.03. The first kappa shape index (κ1) is 23.5. The van der Waals surface area contributed by atoms with Gasteiger partial charge < -0.3 is 20.1 Å². The van der Waals surface area contributed by atoms with Gasteiger partial charge in [-0.05, 0) is 51.0 Å². The summed E-state index contributed by atoms with van der Waals surface area (Å²) in [4.78, 5) is 18.1. The second kappa shape index (κ2) is 8.59. The first-order valence-corrected chi connectivity index (χ1v) is 11.4. The van der Waals surface area contributed by atoms with E-state index in [1.807, 2.05) is 26.1 Å². The van der Waals surface area contributed by atoms with Crippen LogP contribution in [-0.2, 0) is 20.5 Å². The summed E-state index contributed by atoms with van der Waals surface area (Å²) < 4.78 is 11.3. The summed E-state index contributed by atoms with van der Waals surface area (Å²) in [7, 11) is 5.39. The highest BCUT2D eigenvalue weighted by atomic mass is 16.5. The molecule has 0 saturated heterocycles. The maximum absolute atomic E-state index is 13.4. The highest BCUT2D eigenvalue weighted by Crippen LogP contribution is 2.35. The molecule has 0 saturated carbocycles. The van der Waals surface area contributed by atoms with Crippen molar-refractivity contribution in [1.82, 2.24) is 18.7 Å². The number of rotatable bonds is 7. The Balaban J connectivity index is 1.98. The minimum Gasteiger partial charge on any atom is -0.496 e. The standard InChI is InChI=1S/C26H32N6O2/c1-8-18-9-17(13-30(18)5)16(4)32-22-12-29-21-10-20(24(14(2)27)15(3)28)23(34-7)11-19(21)25(22)31(6)26(32)33/h9-13,16,24,27-28H,8H2,1-7H3. The molecule has 4 rings (SSSR count). The maximum atomic E-state index is 13.4. The van der Waals surface area contributed by atoms with Crippen molar-refractivity contribution < 1.29 is 4.74 Å². The predicted molar refractivity (Wildman–Crippen MR) is 137 cm³/mol. The number of aryl methyl sites for hydroxylation is 3. The van der Waals surface area contributed by atoms with E-state index in [0.29, 0.717) is 22.7 Å². The first-order valence-electron chi connectivity index (χ1n) is 11.4. The molecule has 0 radical (unpaired) electrons. The smallest absolute Gasteiger partial charge is 0.329 e. The number of hydrogen-bond acceptors (Lipinski definition) is 5. The van der Waals surface area contributed by atoms with E-state index < -0.39 is 5.92 Å². The van der Waals surface area contributed by atoms with E-state index in [-0.39, 0.29) is 11.7 Å². The number of nitrogens with zero attached hydrogens (tertiary/aromatic N) is 4. The number of methoxy groups -OCH3 is 1. The lowest BCUT2D eigenvalue weighted by Gasteiger charge is -2.19. The van der Waals surface area contributed by atoms with Crippen molar-refractivity contribution in [2.75, 3.05) is 7.11 Å². The number of imidazole rings is 1. The molecular weight excluding hydrogens is 428 g/mol. The Hall–Kier alpha value is -3.68. The van der Waals surface area contributed by atoms with Crippen LogP contribution in [0.3, 0.4) is 0 Å². The molecule has 1 unspecified atom stereocenters. The summed E-state index contributed by atoms with van der Waals surface area (Å²) in [6.07, 6.45) is 4.75. The lowest BCUT2D eigenvalue weighted by atomic mass is 9.89. The van der Waals surface area contributed by atoms with Crippen LogP contribution in [0.25, 0.3) is 21.9 Å². The van der Waals surface area contributed by atoms with Crippen LogP contribution in [0, 0.1) is 10.8 Å². The quantitative estimate of drug-likeness (QED) is 0.395. The fraction of sp³-hybridized carbons (Fsp3) is 0.385. The Morgan fingerprint density at radius 1 is 1.15 bits per heavy atom. The molecule has 178 valence electrons. The van der Waals surface area contributed by atoms with Gasteiger partial charge in [0, 0.05) is 48.4 Å². The van der Waals surface area contributed by atoms with Crippen molar-refractivity contribution in [1.29, 1.82) is 10.8 Å². The van der Waals surface area contributed by atoms with Gasteiger partial charge in [-0.2, -0.15) is 0 Å². The molecule has 8 nitrogen and oxygen atoms in total. The monoisotopic (exact) mass is 460 g/mol. The molecule has 0 spiro atoms. The zero-order valence-corrected chi connectivity index (χ0v) is 20.9. The van der Waals surface area contributed by atoms with Gasteiger partial charge in [0.2, 0.25) is 0 Å². The largest absolute Gasteiger partial charge is 0.496 e. The minimum atomic E-state index is -0.476. The van der Waals surface area contributed by atoms with Crippen LogP contribution in [0.5, 0.6) is 5.75 Å². The molecule has 3 heterocycles. The molecule has 0 aliphatic heterocycles. The van der Waals surface area contributed by atoms with E-state index in [4.69, 9.17) is 20.5 Å². The number of benzene rings is 1. The van der Waals surface area contributed by atoms with Crippen molar-refractivity contribution in [3.05, 3.63) is 57.9 Å². The molecule has 0 fully saturated rings. The van der Waals surface area contributed by atoms with Crippen LogP contribution in [-0.4, -0.2) is 37.2 Å². The third-order valence-corrected chi connectivity index (χ3v) is 6.80. The lowest BCUT2D eigenvalue weighted by Crippen LogP contribution is -2.25. The van der Waals surface area contributed by atoms with Crippen molar-refractivity contribution in [2.24, 2.45) is 14.1 Å². The summed E-state index contributed by atoms with van der Waals surface area (Å²) in [5.41, 5.74) is 5.90. The molecular formula is C26H32N6O2. The predicted octanol–water partition coefficient (Wildman–Crippen LogP) is 4.57. The van der Waals surface area contributed by atoms with Crippen LogP contribution in [0.2, 0.25) is 0 Å². The van der Waals surface area contributed by atoms with Crippen molar-refractivity contribution in [3.8, 4) is 5.75 Å². The zero-order valence-electron chi connectivity index (χ0n) is 20.9. The van der Waals surface area contributed by atoms with Crippen LogP contribution in [0.15, 0.2) is 35.4 Å². The summed E-state index contributed by atoms with van der Waals surface area (Å²) in [5.74, 6) is 0.102. The summed E-state index contributed by atoms with van der Waals surface area (Å²) in [6, 6.07) is 5.75. The number of fused-ring (bicyclic) bond motifs is 3. The van der Waals surface area contributed by atoms with Gasteiger partial charge in [0.15, 0.2) is 0 Å². The Kier molecular flexibility index (Phi) is 5.93. The lowest BCUT2D eigenvalue weighted by molar-refractivity contribution is 0.411. The zero-order chi connectivity index (χ0) is 24.9. The first-order chi connectivity index (χ1) is 16.1. The second-order valence-corrected chi connectivity index (χ2v) is 9.02. The topological polar surface area (TPSA) is 102 Å². The normalized spacial score (nSPS) is 13.4. The average molecular weight is 461 g/mol.